The van der Waals surface area contributed by atoms with Crippen LogP contribution in [0.1, 0.15) is 6.92 Å². The predicted octanol–water partition coefficient (Wildman–Crippen LogP) is 3.74. The lowest BCUT2D eigenvalue weighted by molar-refractivity contribution is -0.138. The lowest BCUT2D eigenvalue weighted by Crippen LogP contribution is -2.14. The largest absolute Gasteiger partial charge is 0.463 e. The Labute approximate surface area is 117 Å². The van der Waals surface area contributed by atoms with Crippen LogP contribution in [0.3, 0.4) is 0 Å². The van der Waals surface area contributed by atoms with Gasteiger partial charge in [0.15, 0.2) is 0 Å². The van der Waals surface area contributed by atoms with Crippen LogP contribution in [0, 0.1) is 0 Å². The van der Waals surface area contributed by atoms with E-state index in [0.29, 0.717) is 18.7 Å². The number of esters is 1. The van der Waals surface area contributed by atoms with Crippen molar-refractivity contribution in [2.45, 2.75) is 6.92 Å². The normalized spacial score (nSPS) is 9.82. The Balaban J connectivity index is 2.56. The summed E-state index contributed by atoms with van der Waals surface area (Å²) in [6.45, 7) is 6.16. The minimum absolute atomic E-state index is 0.360. The molecule has 0 atom stereocenters. The molecule has 0 unspecified atom stereocenters. The van der Waals surface area contributed by atoms with Crippen molar-refractivity contribution in [3.05, 3.63) is 39.3 Å². The highest BCUT2D eigenvalue weighted by Crippen LogP contribution is 2.26. The van der Waals surface area contributed by atoms with Crippen molar-refractivity contribution in [1.29, 1.82) is 0 Å². The molecule has 0 saturated heterocycles. The first kappa shape index (κ1) is 14.3. The van der Waals surface area contributed by atoms with E-state index < -0.39 is 0 Å². The zero-order valence-corrected chi connectivity index (χ0v) is 12.6. The lowest BCUT2D eigenvalue weighted by Gasteiger charge is -2.10. The van der Waals surface area contributed by atoms with E-state index in [1.807, 2.05) is 18.2 Å². The molecular weight excluding hydrogens is 350 g/mol. The number of anilines is 1. The Bertz CT molecular complexity index is 433. The van der Waals surface area contributed by atoms with Crippen LogP contribution in [0.15, 0.2) is 39.3 Å². The molecule has 0 aliphatic heterocycles. The number of carbonyl (C=O) groups excluding carboxylic acids is 1. The summed E-state index contributed by atoms with van der Waals surface area (Å²) in [5.41, 5.74) is 1.31. The van der Waals surface area contributed by atoms with E-state index in [1.165, 1.54) is 0 Å². The SMILES string of the molecule is C=C(CNc1ccc(Br)cc1Br)C(=O)OCC. The van der Waals surface area contributed by atoms with E-state index in [2.05, 4.69) is 43.8 Å². The molecule has 3 nitrogen and oxygen atoms in total. The van der Waals surface area contributed by atoms with Gasteiger partial charge in [-0.1, -0.05) is 22.5 Å². The Morgan fingerprint density at radius 2 is 2.18 bits per heavy atom. The van der Waals surface area contributed by atoms with Crippen molar-refractivity contribution in [2.75, 3.05) is 18.5 Å². The molecule has 1 rings (SSSR count). The highest BCUT2D eigenvalue weighted by Gasteiger charge is 2.08. The van der Waals surface area contributed by atoms with Crippen LogP contribution in [-0.4, -0.2) is 19.1 Å². The maximum Gasteiger partial charge on any atom is 0.335 e. The van der Waals surface area contributed by atoms with Crippen molar-refractivity contribution >= 4 is 43.5 Å². The van der Waals surface area contributed by atoms with E-state index >= 15 is 0 Å². The first-order valence-corrected chi connectivity index (χ1v) is 6.67. The third-order valence-electron chi connectivity index (χ3n) is 1.99. The molecule has 0 aromatic heterocycles. The van der Waals surface area contributed by atoms with Crippen molar-refractivity contribution < 1.29 is 9.53 Å². The Morgan fingerprint density at radius 3 is 2.76 bits per heavy atom. The van der Waals surface area contributed by atoms with Gasteiger partial charge in [0.25, 0.3) is 0 Å². The van der Waals surface area contributed by atoms with E-state index in [0.717, 1.165) is 14.6 Å². The first-order chi connectivity index (χ1) is 8.04. The Morgan fingerprint density at radius 1 is 1.47 bits per heavy atom. The zero-order valence-electron chi connectivity index (χ0n) is 9.43. The van der Waals surface area contributed by atoms with Crippen molar-refractivity contribution in [3.63, 3.8) is 0 Å². The van der Waals surface area contributed by atoms with Crippen LogP contribution in [0.4, 0.5) is 5.69 Å². The van der Waals surface area contributed by atoms with Crippen molar-refractivity contribution in [2.24, 2.45) is 0 Å². The molecule has 1 aromatic carbocycles. The number of nitrogens with one attached hydrogen (secondary N) is 1. The van der Waals surface area contributed by atoms with Gasteiger partial charge in [0.1, 0.15) is 0 Å². The molecule has 0 saturated carbocycles. The van der Waals surface area contributed by atoms with Gasteiger partial charge in [-0.2, -0.15) is 0 Å². The number of hydrogen-bond donors (Lipinski definition) is 1. The summed E-state index contributed by atoms with van der Waals surface area (Å²) in [7, 11) is 0. The summed E-state index contributed by atoms with van der Waals surface area (Å²) >= 11 is 6.80. The molecular formula is C12H13Br2NO2. The molecule has 5 heteroatoms. The minimum atomic E-state index is -0.367. The molecule has 0 radical (unpaired) electrons. The predicted molar refractivity (Wildman–Crippen MR) is 76.1 cm³/mol. The monoisotopic (exact) mass is 361 g/mol. The summed E-state index contributed by atoms with van der Waals surface area (Å²) in [5, 5.41) is 3.11. The maximum absolute atomic E-state index is 11.3. The van der Waals surface area contributed by atoms with E-state index in [1.54, 1.807) is 6.92 Å². The number of hydrogen-bond acceptors (Lipinski definition) is 3. The second-order valence-corrected chi connectivity index (χ2v) is 5.07. The highest BCUT2D eigenvalue weighted by molar-refractivity contribution is 9.11. The lowest BCUT2D eigenvalue weighted by atomic mass is 10.2. The first-order valence-electron chi connectivity index (χ1n) is 5.08. The van der Waals surface area contributed by atoms with Gasteiger partial charge in [0, 0.05) is 26.8 Å². The van der Waals surface area contributed by atoms with Crippen LogP contribution < -0.4 is 5.32 Å². The van der Waals surface area contributed by atoms with Crippen LogP contribution in [0.25, 0.3) is 0 Å². The molecule has 92 valence electrons. The van der Waals surface area contributed by atoms with Crippen LogP contribution in [0.5, 0.6) is 0 Å². The quantitative estimate of drug-likeness (QED) is 0.640. The second-order valence-electron chi connectivity index (χ2n) is 3.30. The molecule has 0 aliphatic rings. The molecule has 0 heterocycles. The smallest absolute Gasteiger partial charge is 0.335 e. The summed E-state index contributed by atoms with van der Waals surface area (Å²) in [6, 6.07) is 5.75. The summed E-state index contributed by atoms with van der Waals surface area (Å²) < 4.78 is 6.75. The Kier molecular flexibility index (Phi) is 5.71. The average Bonchev–Trinajstić information content (AvgIpc) is 2.27. The minimum Gasteiger partial charge on any atom is -0.463 e. The van der Waals surface area contributed by atoms with Gasteiger partial charge in [-0.15, -0.1) is 0 Å². The fourth-order valence-electron chi connectivity index (χ4n) is 1.14. The number of rotatable bonds is 5. The maximum atomic E-state index is 11.3. The van der Waals surface area contributed by atoms with Gasteiger partial charge in [0.05, 0.1) is 6.61 Å². The van der Waals surface area contributed by atoms with Crippen LogP contribution in [0.2, 0.25) is 0 Å². The van der Waals surface area contributed by atoms with Crippen molar-refractivity contribution in [1.82, 2.24) is 0 Å². The second kappa shape index (κ2) is 6.81. The van der Waals surface area contributed by atoms with Crippen LogP contribution >= 0.6 is 31.9 Å². The molecule has 1 N–H and O–H groups in total. The summed E-state index contributed by atoms with van der Waals surface area (Å²) in [6.07, 6.45) is 0. The molecule has 0 amide bonds. The van der Waals surface area contributed by atoms with Gasteiger partial charge < -0.3 is 10.1 Å². The number of benzene rings is 1. The number of carbonyl (C=O) groups is 1. The van der Waals surface area contributed by atoms with Crippen LogP contribution in [-0.2, 0) is 9.53 Å². The third-order valence-corrected chi connectivity index (χ3v) is 3.14. The zero-order chi connectivity index (χ0) is 12.8. The van der Waals surface area contributed by atoms with Gasteiger partial charge in [-0.3, -0.25) is 0 Å². The van der Waals surface area contributed by atoms with Gasteiger partial charge in [-0.05, 0) is 41.1 Å². The molecule has 0 fully saturated rings. The molecule has 17 heavy (non-hydrogen) atoms. The number of halogens is 2. The van der Waals surface area contributed by atoms with E-state index in [4.69, 9.17) is 4.74 Å². The standard InChI is InChI=1S/C12H13Br2NO2/c1-3-17-12(16)8(2)7-15-11-5-4-9(13)6-10(11)14/h4-6,15H,2-3,7H2,1H3. The van der Waals surface area contributed by atoms with E-state index in [-0.39, 0.29) is 5.97 Å². The fourth-order valence-corrected chi connectivity index (χ4v) is 2.33. The number of ether oxygens (including phenoxy) is 1. The van der Waals surface area contributed by atoms with Gasteiger partial charge in [0.2, 0.25) is 0 Å². The summed E-state index contributed by atoms with van der Waals surface area (Å²) in [5.74, 6) is -0.367. The molecule has 0 spiro atoms. The Hall–Kier alpha value is -0.810. The fraction of sp³-hybridized carbons (Fsp3) is 0.250. The van der Waals surface area contributed by atoms with Crippen molar-refractivity contribution in [3.8, 4) is 0 Å². The topological polar surface area (TPSA) is 38.3 Å². The average molecular weight is 363 g/mol. The van der Waals surface area contributed by atoms with E-state index in [9.17, 15) is 4.79 Å². The molecule has 1 aromatic rings. The van der Waals surface area contributed by atoms with Gasteiger partial charge in [-0.25, -0.2) is 4.79 Å². The molecule has 0 aliphatic carbocycles. The molecule has 0 bridgehead atoms. The van der Waals surface area contributed by atoms with Gasteiger partial charge >= 0.3 is 5.97 Å². The summed E-state index contributed by atoms with van der Waals surface area (Å²) in [4.78, 5) is 11.3. The third kappa shape index (κ3) is 4.52. The highest BCUT2D eigenvalue weighted by atomic mass is 79.9.